The van der Waals surface area contributed by atoms with Crippen LogP contribution < -0.4 is 5.32 Å². The molecule has 1 N–H and O–H groups in total. The van der Waals surface area contributed by atoms with E-state index in [4.69, 9.17) is 11.6 Å². The summed E-state index contributed by atoms with van der Waals surface area (Å²) in [5.41, 5.74) is 1.70. The second-order valence-corrected chi connectivity index (χ2v) is 5.69. The first kappa shape index (κ1) is 13.9. The summed E-state index contributed by atoms with van der Waals surface area (Å²) < 4.78 is 0. The van der Waals surface area contributed by atoms with Crippen molar-refractivity contribution in [2.24, 2.45) is 4.99 Å². The zero-order chi connectivity index (χ0) is 14.7. The number of aromatic nitrogens is 1. The predicted octanol–water partition coefficient (Wildman–Crippen LogP) is 4.26. The number of carbonyl (C=O) groups excluding carboxylic acids is 1. The van der Waals surface area contributed by atoms with E-state index in [0.717, 1.165) is 27.9 Å². The highest BCUT2D eigenvalue weighted by molar-refractivity contribution is 8.18. The third kappa shape index (κ3) is 3.51. The van der Waals surface area contributed by atoms with Gasteiger partial charge in [0.1, 0.15) is 5.84 Å². The lowest BCUT2D eigenvalue weighted by Gasteiger charge is -2.00. The molecule has 2 aromatic rings. The number of amides is 1. The van der Waals surface area contributed by atoms with Gasteiger partial charge in [0.05, 0.1) is 10.6 Å². The maximum Gasteiger partial charge on any atom is 0.289 e. The van der Waals surface area contributed by atoms with Crippen LogP contribution in [0.2, 0.25) is 5.02 Å². The average Bonchev–Trinajstić information content (AvgIpc) is 2.82. The SMILES string of the molecule is O=C1NC(=Nc2ccc(Cl)cc2)C(=Cc2ccncc2)S1. The molecule has 0 unspecified atom stereocenters. The van der Waals surface area contributed by atoms with Crippen molar-refractivity contribution in [1.29, 1.82) is 0 Å². The van der Waals surface area contributed by atoms with Crippen molar-refractivity contribution in [3.05, 3.63) is 64.3 Å². The van der Waals surface area contributed by atoms with Crippen molar-refractivity contribution in [2.45, 2.75) is 0 Å². The first-order valence-electron chi connectivity index (χ1n) is 6.16. The van der Waals surface area contributed by atoms with Crippen LogP contribution in [0.3, 0.4) is 0 Å². The summed E-state index contributed by atoms with van der Waals surface area (Å²) in [6.07, 6.45) is 5.31. The quantitative estimate of drug-likeness (QED) is 0.900. The van der Waals surface area contributed by atoms with E-state index in [9.17, 15) is 4.79 Å². The number of aliphatic imine (C=N–C) groups is 1. The molecule has 1 aliphatic heterocycles. The van der Waals surface area contributed by atoms with E-state index in [0.29, 0.717) is 10.9 Å². The van der Waals surface area contributed by atoms with Gasteiger partial charge in [0, 0.05) is 17.4 Å². The lowest BCUT2D eigenvalue weighted by molar-refractivity contribution is 0.265. The molecule has 104 valence electrons. The van der Waals surface area contributed by atoms with Gasteiger partial charge in [-0.3, -0.25) is 9.78 Å². The molecule has 3 rings (SSSR count). The molecule has 0 radical (unpaired) electrons. The van der Waals surface area contributed by atoms with Gasteiger partial charge in [-0.05, 0) is 59.8 Å². The molecule has 0 aliphatic carbocycles. The fraction of sp³-hybridized carbons (Fsp3) is 0. The minimum atomic E-state index is -0.136. The molecular weight excluding hydrogens is 306 g/mol. The van der Waals surface area contributed by atoms with Crippen LogP contribution in [-0.4, -0.2) is 16.1 Å². The highest BCUT2D eigenvalue weighted by atomic mass is 35.5. The van der Waals surface area contributed by atoms with Gasteiger partial charge >= 0.3 is 0 Å². The predicted molar refractivity (Wildman–Crippen MR) is 86.9 cm³/mol. The van der Waals surface area contributed by atoms with E-state index >= 15 is 0 Å². The molecule has 4 nitrogen and oxygen atoms in total. The number of amidine groups is 1. The van der Waals surface area contributed by atoms with Gasteiger partial charge in [0.15, 0.2) is 0 Å². The molecule has 1 fully saturated rings. The fourth-order valence-electron chi connectivity index (χ4n) is 1.77. The van der Waals surface area contributed by atoms with Crippen molar-refractivity contribution in [3.8, 4) is 0 Å². The Kier molecular flexibility index (Phi) is 4.03. The number of nitrogens with one attached hydrogen (secondary N) is 1. The van der Waals surface area contributed by atoms with Gasteiger partial charge in [-0.2, -0.15) is 0 Å². The fourth-order valence-corrected chi connectivity index (χ4v) is 2.63. The number of hydrogen-bond acceptors (Lipinski definition) is 4. The van der Waals surface area contributed by atoms with E-state index in [-0.39, 0.29) is 5.24 Å². The van der Waals surface area contributed by atoms with Gasteiger partial charge in [-0.15, -0.1) is 0 Å². The van der Waals surface area contributed by atoms with Crippen LogP contribution in [0.15, 0.2) is 58.7 Å². The maximum atomic E-state index is 11.6. The number of nitrogens with zero attached hydrogens (tertiary/aromatic N) is 2. The first-order chi connectivity index (χ1) is 10.2. The lowest BCUT2D eigenvalue weighted by atomic mass is 10.2. The summed E-state index contributed by atoms with van der Waals surface area (Å²) in [6, 6.07) is 10.9. The number of thioether (sulfide) groups is 1. The number of pyridine rings is 1. The second-order valence-electron chi connectivity index (χ2n) is 4.24. The topological polar surface area (TPSA) is 54.4 Å². The lowest BCUT2D eigenvalue weighted by Crippen LogP contribution is -2.18. The van der Waals surface area contributed by atoms with Gasteiger partial charge < -0.3 is 5.32 Å². The third-order valence-corrected chi connectivity index (χ3v) is 3.80. The van der Waals surface area contributed by atoms with E-state index in [1.54, 1.807) is 36.7 Å². The van der Waals surface area contributed by atoms with E-state index in [2.05, 4.69) is 15.3 Å². The molecule has 1 aliphatic rings. The van der Waals surface area contributed by atoms with Crippen LogP contribution in [0, 0.1) is 0 Å². The molecule has 1 aromatic carbocycles. The molecule has 0 spiro atoms. The van der Waals surface area contributed by atoms with Crippen molar-refractivity contribution < 1.29 is 4.79 Å². The molecule has 0 bridgehead atoms. The van der Waals surface area contributed by atoms with Crippen LogP contribution in [-0.2, 0) is 0 Å². The Bertz CT molecular complexity index is 726. The number of benzene rings is 1. The Morgan fingerprint density at radius 1 is 1.14 bits per heavy atom. The van der Waals surface area contributed by atoms with Crippen LogP contribution in [0.5, 0.6) is 0 Å². The standard InChI is InChI=1S/C15H10ClN3OS/c16-11-1-3-12(4-2-11)18-14-13(21-15(20)19-14)9-10-5-7-17-8-6-10/h1-9H,(H,18,19,20). The van der Waals surface area contributed by atoms with E-state index in [1.165, 1.54) is 0 Å². The zero-order valence-electron chi connectivity index (χ0n) is 10.8. The Morgan fingerprint density at radius 3 is 2.57 bits per heavy atom. The maximum absolute atomic E-state index is 11.6. The van der Waals surface area contributed by atoms with Gasteiger partial charge in [0.2, 0.25) is 0 Å². The van der Waals surface area contributed by atoms with Crippen molar-refractivity contribution in [3.63, 3.8) is 0 Å². The zero-order valence-corrected chi connectivity index (χ0v) is 12.4. The second kappa shape index (κ2) is 6.11. The minimum absolute atomic E-state index is 0.136. The largest absolute Gasteiger partial charge is 0.300 e. The summed E-state index contributed by atoms with van der Waals surface area (Å²) in [6.45, 7) is 0. The van der Waals surface area contributed by atoms with Crippen molar-refractivity contribution in [2.75, 3.05) is 0 Å². The molecule has 0 saturated carbocycles. The smallest absolute Gasteiger partial charge is 0.289 e. The summed E-state index contributed by atoms with van der Waals surface area (Å²) in [5, 5.41) is 3.26. The number of rotatable bonds is 2. The summed E-state index contributed by atoms with van der Waals surface area (Å²) in [4.78, 5) is 20.8. The molecule has 6 heteroatoms. The molecule has 21 heavy (non-hydrogen) atoms. The Balaban J connectivity index is 1.94. The first-order valence-corrected chi connectivity index (χ1v) is 7.35. The number of halogens is 1. The highest BCUT2D eigenvalue weighted by Crippen LogP contribution is 2.28. The molecular formula is C15H10ClN3OS. The normalized spacial score (nSPS) is 18.2. The van der Waals surface area contributed by atoms with Crippen molar-refractivity contribution in [1.82, 2.24) is 10.3 Å². The Labute approximate surface area is 131 Å². The van der Waals surface area contributed by atoms with Crippen LogP contribution >= 0.6 is 23.4 Å². The van der Waals surface area contributed by atoms with E-state index < -0.39 is 0 Å². The van der Waals surface area contributed by atoms with Crippen LogP contribution in [0.4, 0.5) is 10.5 Å². The summed E-state index contributed by atoms with van der Waals surface area (Å²) >= 11 is 6.97. The van der Waals surface area contributed by atoms with E-state index in [1.807, 2.05) is 18.2 Å². The van der Waals surface area contributed by atoms with Crippen LogP contribution in [0.1, 0.15) is 5.56 Å². The summed E-state index contributed by atoms with van der Waals surface area (Å²) in [5.74, 6) is 0.545. The third-order valence-electron chi connectivity index (χ3n) is 2.73. The summed E-state index contributed by atoms with van der Waals surface area (Å²) in [7, 11) is 0. The molecule has 1 amide bonds. The average molecular weight is 316 g/mol. The number of carbonyl (C=O) groups is 1. The highest BCUT2D eigenvalue weighted by Gasteiger charge is 2.23. The minimum Gasteiger partial charge on any atom is -0.300 e. The molecule has 1 saturated heterocycles. The Morgan fingerprint density at radius 2 is 1.86 bits per heavy atom. The van der Waals surface area contributed by atoms with Gasteiger partial charge in [0.25, 0.3) is 5.24 Å². The van der Waals surface area contributed by atoms with Gasteiger partial charge in [-0.1, -0.05) is 11.6 Å². The number of hydrogen-bond donors (Lipinski definition) is 1. The monoisotopic (exact) mass is 315 g/mol. The van der Waals surface area contributed by atoms with Crippen molar-refractivity contribution >= 4 is 46.2 Å². The molecule has 2 heterocycles. The molecule has 0 atom stereocenters. The van der Waals surface area contributed by atoms with Gasteiger partial charge in [-0.25, -0.2) is 4.99 Å². The molecule has 1 aromatic heterocycles. The van der Waals surface area contributed by atoms with Crippen LogP contribution in [0.25, 0.3) is 6.08 Å². The Hall–Kier alpha value is -2.11.